The fourth-order valence-electron chi connectivity index (χ4n) is 1.47. The van der Waals surface area contributed by atoms with Crippen molar-refractivity contribution in [1.82, 2.24) is 0 Å². The zero-order chi connectivity index (χ0) is 13.9. The predicted molar refractivity (Wildman–Crippen MR) is 70.8 cm³/mol. The van der Waals surface area contributed by atoms with Crippen LogP contribution in [0.2, 0.25) is 0 Å². The van der Waals surface area contributed by atoms with E-state index in [0.29, 0.717) is 5.75 Å². The van der Waals surface area contributed by atoms with Gasteiger partial charge in [0.25, 0.3) is 0 Å². The topological polar surface area (TPSA) is 52.6 Å². The van der Waals surface area contributed by atoms with Gasteiger partial charge in [-0.2, -0.15) is 8.42 Å². The Morgan fingerprint density at radius 3 is 2.26 bits per heavy atom. The highest BCUT2D eigenvalue weighted by Crippen LogP contribution is 2.22. The van der Waals surface area contributed by atoms with Gasteiger partial charge in [-0.15, -0.1) is 0 Å². The molecule has 1 radical (unpaired) electrons. The summed E-state index contributed by atoms with van der Waals surface area (Å²) < 4.78 is 34.0. The third-order valence-electron chi connectivity index (χ3n) is 2.47. The van der Waals surface area contributed by atoms with Crippen molar-refractivity contribution in [2.24, 2.45) is 0 Å². The summed E-state index contributed by atoms with van der Waals surface area (Å²) in [6.45, 7) is 1.88. The van der Waals surface area contributed by atoms with Crippen LogP contribution in [0.1, 0.15) is 5.56 Å². The van der Waals surface area contributed by atoms with Crippen LogP contribution < -0.4 is 8.92 Å². The summed E-state index contributed by atoms with van der Waals surface area (Å²) in [4.78, 5) is 0.106. The number of ether oxygens (including phenoxy) is 1. The average molecular weight is 277 g/mol. The standard InChI is InChI=1S/C14H13O4S/c1-11-6-8-14(9-7-11)19(15,16)18-13-5-3-4-12(10-13)17-2/h3-9H,1-2H3. The maximum Gasteiger partial charge on any atom is 0.339 e. The molecule has 0 spiro atoms. The van der Waals surface area contributed by atoms with Crippen molar-refractivity contribution in [2.75, 3.05) is 7.11 Å². The molecule has 5 heteroatoms. The summed E-state index contributed by atoms with van der Waals surface area (Å²) in [6, 6.07) is 13.9. The van der Waals surface area contributed by atoms with E-state index in [1.54, 1.807) is 24.3 Å². The van der Waals surface area contributed by atoms with E-state index in [4.69, 9.17) is 8.92 Å². The number of rotatable bonds is 4. The van der Waals surface area contributed by atoms with Gasteiger partial charge in [-0.05, 0) is 31.2 Å². The van der Waals surface area contributed by atoms with E-state index in [1.165, 1.54) is 25.3 Å². The highest BCUT2D eigenvalue weighted by molar-refractivity contribution is 7.87. The zero-order valence-electron chi connectivity index (χ0n) is 10.6. The first-order valence-electron chi connectivity index (χ1n) is 5.59. The van der Waals surface area contributed by atoms with E-state index in [1.807, 2.05) is 6.92 Å². The lowest BCUT2D eigenvalue weighted by Crippen LogP contribution is -2.09. The van der Waals surface area contributed by atoms with Crippen LogP contribution in [0.5, 0.6) is 11.5 Å². The van der Waals surface area contributed by atoms with Crippen molar-refractivity contribution in [3.8, 4) is 11.5 Å². The van der Waals surface area contributed by atoms with Gasteiger partial charge in [-0.1, -0.05) is 23.8 Å². The van der Waals surface area contributed by atoms with Crippen LogP contribution in [0.15, 0.2) is 47.4 Å². The van der Waals surface area contributed by atoms with Crippen LogP contribution in [0, 0.1) is 13.0 Å². The second-order valence-corrected chi connectivity index (χ2v) is 5.48. The van der Waals surface area contributed by atoms with Crippen LogP contribution in [0.4, 0.5) is 0 Å². The molecule has 0 aromatic heterocycles. The molecule has 0 aliphatic carbocycles. The van der Waals surface area contributed by atoms with Crippen molar-refractivity contribution >= 4 is 10.1 Å². The van der Waals surface area contributed by atoms with E-state index in [0.717, 1.165) is 5.56 Å². The monoisotopic (exact) mass is 277 g/mol. The molecule has 0 aliphatic rings. The van der Waals surface area contributed by atoms with Crippen molar-refractivity contribution < 1.29 is 17.3 Å². The smallest absolute Gasteiger partial charge is 0.339 e. The molecule has 2 aromatic carbocycles. The molecular weight excluding hydrogens is 264 g/mol. The molecule has 0 N–H and O–H groups in total. The Labute approximate surface area is 112 Å². The molecule has 99 valence electrons. The van der Waals surface area contributed by atoms with Crippen LogP contribution in [-0.4, -0.2) is 15.5 Å². The Kier molecular flexibility index (Phi) is 3.76. The first kappa shape index (κ1) is 13.4. The lowest BCUT2D eigenvalue weighted by molar-refractivity contribution is 0.410. The Morgan fingerprint density at radius 2 is 1.63 bits per heavy atom. The first-order valence-corrected chi connectivity index (χ1v) is 6.99. The fourth-order valence-corrected chi connectivity index (χ4v) is 2.37. The van der Waals surface area contributed by atoms with Gasteiger partial charge in [0.15, 0.2) is 5.75 Å². The Morgan fingerprint density at radius 1 is 1.00 bits per heavy atom. The van der Waals surface area contributed by atoms with E-state index in [9.17, 15) is 8.42 Å². The summed E-state index contributed by atoms with van der Waals surface area (Å²) in [5.41, 5.74) is 0.979. The van der Waals surface area contributed by atoms with Crippen molar-refractivity contribution in [3.63, 3.8) is 0 Å². The summed E-state index contributed by atoms with van der Waals surface area (Å²) in [5, 5.41) is 0. The van der Waals surface area contributed by atoms with E-state index >= 15 is 0 Å². The van der Waals surface area contributed by atoms with E-state index in [-0.39, 0.29) is 10.6 Å². The van der Waals surface area contributed by atoms with Crippen molar-refractivity contribution in [3.05, 3.63) is 54.1 Å². The van der Waals surface area contributed by atoms with E-state index < -0.39 is 10.1 Å². The van der Waals surface area contributed by atoms with E-state index in [2.05, 4.69) is 6.07 Å². The predicted octanol–water partition coefficient (Wildman–Crippen LogP) is 2.57. The molecule has 4 nitrogen and oxygen atoms in total. The van der Waals surface area contributed by atoms with Gasteiger partial charge in [0.05, 0.1) is 13.2 Å². The molecule has 0 bridgehead atoms. The highest BCUT2D eigenvalue weighted by atomic mass is 32.2. The lowest BCUT2D eigenvalue weighted by atomic mass is 10.2. The minimum atomic E-state index is -3.84. The first-order chi connectivity index (χ1) is 9.01. The summed E-state index contributed by atoms with van der Waals surface area (Å²) in [6.07, 6.45) is 0. The second kappa shape index (κ2) is 5.32. The van der Waals surface area contributed by atoms with Crippen molar-refractivity contribution in [1.29, 1.82) is 0 Å². The Balaban J connectivity index is 2.28. The Hall–Kier alpha value is -2.01. The van der Waals surface area contributed by atoms with Crippen molar-refractivity contribution in [2.45, 2.75) is 11.8 Å². The molecule has 0 unspecified atom stereocenters. The largest absolute Gasteiger partial charge is 0.496 e. The number of hydrogen-bond donors (Lipinski definition) is 0. The molecule has 0 fully saturated rings. The van der Waals surface area contributed by atoms with Crippen LogP contribution in [-0.2, 0) is 10.1 Å². The second-order valence-electron chi connectivity index (χ2n) is 3.93. The molecular formula is C14H13O4S. The highest BCUT2D eigenvalue weighted by Gasteiger charge is 2.16. The third kappa shape index (κ3) is 3.26. The van der Waals surface area contributed by atoms with Gasteiger partial charge in [-0.25, -0.2) is 0 Å². The fraction of sp³-hybridized carbons (Fsp3) is 0.143. The molecule has 0 saturated carbocycles. The number of hydrogen-bond acceptors (Lipinski definition) is 4. The lowest BCUT2D eigenvalue weighted by Gasteiger charge is -2.07. The third-order valence-corrected chi connectivity index (χ3v) is 3.72. The molecule has 0 saturated heterocycles. The SMILES string of the molecule is COc1[c]c(OS(=O)(=O)c2ccc(C)cc2)ccc1. The zero-order valence-corrected chi connectivity index (χ0v) is 11.4. The number of aryl methyl sites for hydroxylation is 1. The average Bonchev–Trinajstić information content (AvgIpc) is 2.39. The summed E-state index contributed by atoms with van der Waals surface area (Å²) >= 11 is 0. The molecule has 0 atom stereocenters. The quantitative estimate of drug-likeness (QED) is 0.806. The van der Waals surface area contributed by atoms with Crippen LogP contribution in [0.3, 0.4) is 0 Å². The molecule has 19 heavy (non-hydrogen) atoms. The molecule has 2 rings (SSSR count). The Bertz CT molecular complexity index is 660. The number of methoxy groups -OCH3 is 1. The molecule has 2 aromatic rings. The van der Waals surface area contributed by atoms with Crippen LogP contribution >= 0.6 is 0 Å². The van der Waals surface area contributed by atoms with Gasteiger partial charge < -0.3 is 8.92 Å². The molecule has 0 aliphatic heterocycles. The van der Waals surface area contributed by atoms with Gasteiger partial charge in [0, 0.05) is 0 Å². The normalized spacial score (nSPS) is 11.1. The van der Waals surface area contributed by atoms with Gasteiger partial charge in [0.1, 0.15) is 10.6 Å². The summed E-state index contributed by atoms with van der Waals surface area (Å²) in [5.74, 6) is 0.511. The van der Waals surface area contributed by atoms with Gasteiger partial charge in [-0.3, -0.25) is 0 Å². The maximum absolute atomic E-state index is 12.0. The minimum absolute atomic E-state index is 0.0972. The van der Waals surface area contributed by atoms with Gasteiger partial charge in [0.2, 0.25) is 0 Å². The molecule has 0 heterocycles. The number of benzene rings is 2. The molecule has 0 amide bonds. The van der Waals surface area contributed by atoms with Gasteiger partial charge >= 0.3 is 10.1 Å². The van der Waals surface area contributed by atoms with Crippen LogP contribution in [0.25, 0.3) is 0 Å². The summed E-state index contributed by atoms with van der Waals surface area (Å²) in [7, 11) is -2.37. The maximum atomic E-state index is 12.0. The minimum Gasteiger partial charge on any atom is -0.496 e.